The maximum atomic E-state index is 12.7. The first kappa shape index (κ1) is 22.0. The molecule has 9 heteroatoms. The summed E-state index contributed by atoms with van der Waals surface area (Å²) in [4.78, 5) is 11.7. The van der Waals surface area contributed by atoms with E-state index in [1.54, 1.807) is 20.8 Å². The molecule has 0 aliphatic carbocycles. The van der Waals surface area contributed by atoms with Crippen LogP contribution in [-0.4, -0.2) is 35.1 Å². The topological polar surface area (TPSA) is 46.5 Å². The van der Waals surface area contributed by atoms with Crippen molar-refractivity contribution in [3.8, 4) is 0 Å². The number of hydrogen-bond donors (Lipinski definition) is 1. The van der Waals surface area contributed by atoms with Crippen LogP contribution in [0.5, 0.6) is 0 Å². The lowest BCUT2D eigenvalue weighted by Crippen LogP contribution is -2.58. The van der Waals surface area contributed by atoms with Crippen molar-refractivity contribution < 1.29 is 41.0 Å². The molecule has 0 fully saturated rings. The summed E-state index contributed by atoms with van der Waals surface area (Å²) in [5, 5.41) is 9.24. The van der Waals surface area contributed by atoms with Crippen LogP contribution in [-0.2, 0) is 9.53 Å². The molecule has 0 aliphatic rings. The fourth-order valence-corrected chi connectivity index (χ4v) is 1.87. The Kier molecular flexibility index (Phi) is 7.39. The van der Waals surface area contributed by atoms with Crippen molar-refractivity contribution in [2.75, 3.05) is 0 Å². The van der Waals surface area contributed by atoms with Gasteiger partial charge in [0.2, 0.25) is 0 Å². The molecule has 2 unspecified atom stereocenters. The highest BCUT2D eigenvalue weighted by molar-refractivity contribution is 5.72. The molecule has 0 spiro atoms. The number of ether oxygens (including phenoxy) is 1. The maximum Gasteiger partial charge on any atom is 0.426 e. The molecule has 0 saturated heterocycles. The van der Waals surface area contributed by atoms with Crippen LogP contribution in [0.3, 0.4) is 0 Å². The maximum absolute atomic E-state index is 12.7. The summed E-state index contributed by atoms with van der Waals surface area (Å²) in [5.41, 5.74) is -4.92. The average Bonchev–Trinajstić information content (AvgIpc) is 2.33. The van der Waals surface area contributed by atoms with Gasteiger partial charge in [-0.1, -0.05) is 27.7 Å². The third kappa shape index (κ3) is 5.86. The van der Waals surface area contributed by atoms with Gasteiger partial charge in [-0.3, -0.25) is 4.79 Å². The minimum atomic E-state index is -5.93. The fourth-order valence-electron chi connectivity index (χ4n) is 1.87. The monoisotopic (exact) mass is 352 g/mol. The molecule has 0 saturated carbocycles. The number of rotatable bonds is 7. The van der Waals surface area contributed by atoms with E-state index in [1.165, 1.54) is 6.92 Å². The van der Waals surface area contributed by atoms with E-state index >= 15 is 0 Å². The molecular formula is C14H22F6O3. The summed E-state index contributed by atoms with van der Waals surface area (Å²) in [6.45, 7) is 6.20. The predicted octanol–water partition coefficient (Wildman–Crippen LogP) is 4.24. The van der Waals surface area contributed by atoms with Crippen molar-refractivity contribution in [3.63, 3.8) is 0 Å². The first-order valence-corrected chi connectivity index (χ1v) is 7.22. The Labute approximate surface area is 131 Å². The fraction of sp³-hybridized carbons (Fsp3) is 0.929. The Morgan fingerprint density at radius 3 is 1.78 bits per heavy atom. The van der Waals surface area contributed by atoms with Gasteiger partial charge in [0.05, 0.1) is 5.92 Å². The largest absolute Gasteiger partial charge is 0.462 e. The molecule has 0 radical (unpaired) electrons. The quantitative estimate of drug-likeness (QED) is 0.551. The zero-order chi connectivity index (χ0) is 18.6. The Morgan fingerprint density at radius 2 is 1.48 bits per heavy atom. The molecule has 1 N–H and O–H groups in total. The van der Waals surface area contributed by atoms with Crippen LogP contribution in [0.15, 0.2) is 0 Å². The number of hydrogen-bond acceptors (Lipinski definition) is 3. The van der Waals surface area contributed by atoms with E-state index in [0.717, 1.165) is 0 Å². The summed E-state index contributed by atoms with van der Waals surface area (Å²) in [6, 6.07) is 0. The van der Waals surface area contributed by atoms with Crippen LogP contribution >= 0.6 is 0 Å². The van der Waals surface area contributed by atoms with Gasteiger partial charge < -0.3 is 9.84 Å². The number of carbonyl (C=O) groups excluding carboxylic acids is 1. The lowest BCUT2D eigenvalue weighted by atomic mass is 9.90. The summed E-state index contributed by atoms with van der Waals surface area (Å²) in [6.07, 6.45) is -15.2. The summed E-state index contributed by atoms with van der Waals surface area (Å²) < 4.78 is 81.3. The predicted molar refractivity (Wildman–Crippen MR) is 70.5 cm³/mol. The smallest absolute Gasteiger partial charge is 0.426 e. The summed E-state index contributed by atoms with van der Waals surface area (Å²) in [7, 11) is 0. The van der Waals surface area contributed by atoms with Gasteiger partial charge in [-0.05, 0) is 18.8 Å². The van der Waals surface area contributed by atoms with Crippen molar-refractivity contribution in [2.24, 2.45) is 11.8 Å². The van der Waals surface area contributed by atoms with E-state index in [2.05, 4.69) is 0 Å². The second kappa shape index (κ2) is 7.72. The van der Waals surface area contributed by atoms with Gasteiger partial charge in [0, 0.05) is 6.42 Å². The third-order valence-corrected chi connectivity index (χ3v) is 3.49. The Morgan fingerprint density at radius 1 is 1.04 bits per heavy atom. The lowest BCUT2D eigenvalue weighted by Gasteiger charge is -2.35. The Bertz CT molecular complexity index is 375. The van der Waals surface area contributed by atoms with Crippen molar-refractivity contribution in [2.45, 2.75) is 71.0 Å². The van der Waals surface area contributed by atoms with Crippen LogP contribution in [0.4, 0.5) is 26.3 Å². The van der Waals surface area contributed by atoms with E-state index in [-0.39, 0.29) is 12.3 Å². The normalized spacial score (nSPS) is 16.3. The van der Waals surface area contributed by atoms with E-state index in [0.29, 0.717) is 6.42 Å². The second-order valence-corrected chi connectivity index (χ2v) is 6.06. The first-order chi connectivity index (χ1) is 10.2. The molecular weight excluding hydrogens is 330 g/mol. The summed E-state index contributed by atoms with van der Waals surface area (Å²) >= 11 is 0. The van der Waals surface area contributed by atoms with Gasteiger partial charge in [0.15, 0.2) is 0 Å². The Hall–Kier alpha value is -0.990. The molecule has 0 aromatic rings. The van der Waals surface area contributed by atoms with Gasteiger partial charge in [-0.2, -0.15) is 26.3 Å². The lowest BCUT2D eigenvalue weighted by molar-refractivity contribution is -0.374. The zero-order valence-corrected chi connectivity index (χ0v) is 13.4. The third-order valence-electron chi connectivity index (χ3n) is 3.49. The highest BCUT2D eigenvalue weighted by Crippen LogP contribution is 2.46. The van der Waals surface area contributed by atoms with Gasteiger partial charge in [0.1, 0.15) is 6.10 Å². The molecule has 3 nitrogen and oxygen atoms in total. The van der Waals surface area contributed by atoms with Gasteiger partial charge >= 0.3 is 18.3 Å². The highest BCUT2D eigenvalue weighted by atomic mass is 19.4. The van der Waals surface area contributed by atoms with Crippen LogP contribution in [0.1, 0.15) is 47.0 Å². The minimum Gasteiger partial charge on any atom is -0.462 e. The van der Waals surface area contributed by atoms with Gasteiger partial charge in [0.25, 0.3) is 5.60 Å². The van der Waals surface area contributed by atoms with Crippen LogP contribution in [0.2, 0.25) is 0 Å². The van der Waals surface area contributed by atoms with Crippen molar-refractivity contribution >= 4 is 5.97 Å². The number of alkyl halides is 6. The van der Waals surface area contributed by atoms with Gasteiger partial charge in [-0.15, -0.1) is 0 Å². The standard InChI is InChI=1S/C14H22F6O3/c1-5-9(4)11(21)23-10(6-8(2)3)7-12(22,13(15,16)17)14(18,19)20/h8-10,22H,5-7H2,1-4H3. The molecule has 0 bridgehead atoms. The van der Waals surface area contributed by atoms with Crippen LogP contribution in [0.25, 0.3) is 0 Å². The Balaban J connectivity index is 5.44. The average molecular weight is 352 g/mol. The number of carbonyl (C=O) groups is 1. The molecule has 0 amide bonds. The zero-order valence-electron chi connectivity index (χ0n) is 13.4. The van der Waals surface area contributed by atoms with Gasteiger partial charge in [-0.25, -0.2) is 0 Å². The first-order valence-electron chi connectivity index (χ1n) is 7.22. The number of aliphatic hydroxyl groups is 1. The molecule has 0 aliphatic heterocycles. The molecule has 0 aromatic heterocycles. The summed E-state index contributed by atoms with van der Waals surface area (Å²) in [5.74, 6) is -1.87. The molecule has 138 valence electrons. The molecule has 2 atom stereocenters. The minimum absolute atomic E-state index is 0.226. The van der Waals surface area contributed by atoms with Crippen LogP contribution < -0.4 is 0 Å². The number of halogens is 6. The molecule has 23 heavy (non-hydrogen) atoms. The molecule has 0 heterocycles. The SMILES string of the molecule is CCC(C)C(=O)OC(CC(C)C)CC(O)(C(F)(F)F)C(F)(F)F. The van der Waals surface area contributed by atoms with E-state index < -0.39 is 42.4 Å². The highest BCUT2D eigenvalue weighted by Gasteiger charge is 2.70. The molecule has 0 aromatic carbocycles. The van der Waals surface area contributed by atoms with E-state index in [4.69, 9.17) is 4.74 Å². The second-order valence-electron chi connectivity index (χ2n) is 6.06. The van der Waals surface area contributed by atoms with E-state index in [1.807, 2.05) is 0 Å². The van der Waals surface area contributed by atoms with Crippen molar-refractivity contribution in [1.82, 2.24) is 0 Å². The number of esters is 1. The van der Waals surface area contributed by atoms with E-state index in [9.17, 15) is 36.2 Å². The molecule has 0 rings (SSSR count). The van der Waals surface area contributed by atoms with Crippen LogP contribution in [0, 0.1) is 11.8 Å². The van der Waals surface area contributed by atoms with Crippen molar-refractivity contribution in [1.29, 1.82) is 0 Å². The van der Waals surface area contributed by atoms with Crippen molar-refractivity contribution in [3.05, 3.63) is 0 Å².